The van der Waals surface area contributed by atoms with Gasteiger partial charge in [-0.3, -0.25) is 4.79 Å². The van der Waals surface area contributed by atoms with Gasteiger partial charge in [-0.25, -0.2) is 4.98 Å². The number of amides is 1. The van der Waals surface area contributed by atoms with Crippen LogP contribution < -0.4 is 0 Å². The SMILES string of the molecule is COCCN(Cc1cccs1)C(=O)c1cc(-c2ccco2)nc2onc(C)c12. The van der Waals surface area contributed by atoms with Crippen LogP contribution in [0.2, 0.25) is 0 Å². The van der Waals surface area contributed by atoms with Gasteiger partial charge in [0.25, 0.3) is 11.6 Å². The van der Waals surface area contributed by atoms with Gasteiger partial charge >= 0.3 is 0 Å². The number of aromatic nitrogens is 2. The lowest BCUT2D eigenvalue weighted by Gasteiger charge is -2.22. The van der Waals surface area contributed by atoms with Gasteiger partial charge < -0.3 is 18.6 Å². The first kappa shape index (κ1) is 18.4. The molecule has 0 atom stereocenters. The Labute approximate surface area is 165 Å². The van der Waals surface area contributed by atoms with Crippen LogP contribution in [0.3, 0.4) is 0 Å². The molecular weight excluding hydrogens is 378 g/mol. The monoisotopic (exact) mass is 397 g/mol. The number of aryl methyl sites for hydroxylation is 1. The van der Waals surface area contributed by atoms with Gasteiger partial charge in [0.05, 0.1) is 36.1 Å². The zero-order valence-electron chi connectivity index (χ0n) is 15.5. The lowest BCUT2D eigenvalue weighted by molar-refractivity contribution is 0.0684. The van der Waals surface area contributed by atoms with Crippen molar-refractivity contribution in [1.82, 2.24) is 15.0 Å². The summed E-state index contributed by atoms with van der Waals surface area (Å²) in [7, 11) is 1.62. The maximum absolute atomic E-state index is 13.5. The topological polar surface area (TPSA) is 81.6 Å². The second kappa shape index (κ2) is 7.95. The number of carbonyl (C=O) groups excluding carboxylic acids is 1. The summed E-state index contributed by atoms with van der Waals surface area (Å²) in [6.45, 7) is 3.22. The van der Waals surface area contributed by atoms with E-state index in [-0.39, 0.29) is 5.91 Å². The molecule has 144 valence electrons. The molecule has 0 saturated carbocycles. The molecule has 0 unspecified atom stereocenters. The average molecular weight is 397 g/mol. The van der Waals surface area contributed by atoms with Crippen LogP contribution in [-0.2, 0) is 11.3 Å². The van der Waals surface area contributed by atoms with Crippen molar-refractivity contribution in [2.45, 2.75) is 13.5 Å². The van der Waals surface area contributed by atoms with Crippen molar-refractivity contribution in [2.75, 3.05) is 20.3 Å². The molecule has 28 heavy (non-hydrogen) atoms. The molecule has 4 aromatic heterocycles. The van der Waals surface area contributed by atoms with E-state index in [1.165, 1.54) is 0 Å². The Balaban J connectivity index is 1.78. The van der Waals surface area contributed by atoms with Gasteiger partial charge in [0.2, 0.25) is 0 Å². The maximum Gasteiger partial charge on any atom is 0.259 e. The quantitative estimate of drug-likeness (QED) is 0.466. The standard InChI is InChI=1S/C20H19N3O4S/c1-13-18-15(11-16(17-6-3-8-26-17)21-19(18)27-22-13)20(24)23(7-9-25-2)12-14-5-4-10-28-14/h3-6,8,10-11H,7,9,12H2,1-2H3. The highest BCUT2D eigenvalue weighted by atomic mass is 32.1. The normalized spacial score (nSPS) is 11.2. The summed E-state index contributed by atoms with van der Waals surface area (Å²) in [5.41, 5.74) is 1.96. The third-order valence-corrected chi connectivity index (χ3v) is 5.26. The summed E-state index contributed by atoms with van der Waals surface area (Å²) >= 11 is 1.61. The van der Waals surface area contributed by atoms with Crippen LogP contribution in [0.1, 0.15) is 20.9 Å². The van der Waals surface area contributed by atoms with Crippen LogP contribution in [-0.4, -0.2) is 41.2 Å². The first-order valence-corrected chi connectivity index (χ1v) is 9.67. The van der Waals surface area contributed by atoms with Crippen molar-refractivity contribution >= 4 is 28.3 Å². The molecule has 0 saturated heterocycles. The number of rotatable bonds is 7. The molecule has 0 radical (unpaired) electrons. The Morgan fingerprint density at radius 2 is 2.21 bits per heavy atom. The number of hydrogen-bond acceptors (Lipinski definition) is 7. The second-order valence-electron chi connectivity index (χ2n) is 6.28. The van der Waals surface area contributed by atoms with Crippen molar-refractivity contribution in [3.05, 3.63) is 58.1 Å². The van der Waals surface area contributed by atoms with Crippen LogP contribution in [0, 0.1) is 6.92 Å². The molecule has 0 fully saturated rings. The summed E-state index contributed by atoms with van der Waals surface area (Å²) in [6, 6.07) is 9.29. The molecule has 0 aliphatic carbocycles. The molecule has 4 aromatic rings. The number of nitrogens with zero attached hydrogens (tertiary/aromatic N) is 3. The molecule has 7 nitrogen and oxygen atoms in total. The summed E-state index contributed by atoms with van der Waals surface area (Å²) in [5.74, 6) is 0.434. The minimum Gasteiger partial charge on any atom is -0.463 e. The van der Waals surface area contributed by atoms with E-state index < -0.39 is 0 Å². The highest BCUT2D eigenvalue weighted by Crippen LogP contribution is 2.28. The van der Waals surface area contributed by atoms with E-state index in [0.29, 0.717) is 53.5 Å². The Kier molecular flexibility index (Phi) is 5.23. The largest absolute Gasteiger partial charge is 0.463 e. The number of thiophene rings is 1. The molecule has 1 amide bonds. The van der Waals surface area contributed by atoms with Crippen molar-refractivity contribution in [3.8, 4) is 11.5 Å². The first-order valence-electron chi connectivity index (χ1n) is 8.79. The average Bonchev–Trinajstić information content (AvgIpc) is 3.46. The van der Waals surface area contributed by atoms with Crippen molar-refractivity contribution < 1.29 is 18.5 Å². The number of carbonyl (C=O) groups is 1. The van der Waals surface area contributed by atoms with Crippen LogP contribution in [0.25, 0.3) is 22.6 Å². The zero-order valence-corrected chi connectivity index (χ0v) is 16.4. The summed E-state index contributed by atoms with van der Waals surface area (Å²) < 4.78 is 16.0. The van der Waals surface area contributed by atoms with Gasteiger partial charge in [0, 0.05) is 18.5 Å². The number of pyridine rings is 1. The van der Waals surface area contributed by atoms with Crippen LogP contribution in [0.15, 0.2) is 50.9 Å². The second-order valence-corrected chi connectivity index (χ2v) is 7.31. The maximum atomic E-state index is 13.5. The van der Waals surface area contributed by atoms with Crippen molar-refractivity contribution in [1.29, 1.82) is 0 Å². The van der Waals surface area contributed by atoms with Crippen LogP contribution >= 0.6 is 11.3 Å². The smallest absolute Gasteiger partial charge is 0.259 e. The highest BCUT2D eigenvalue weighted by molar-refractivity contribution is 7.09. The highest BCUT2D eigenvalue weighted by Gasteiger charge is 2.24. The first-order chi connectivity index (χ1) is 13.7. The van der Waals surface area contributed by atoms with Gasteiger partial charge in [0.1, 0.15) is 5.69 Å². The van der Waals surface area contributed by atoms with Gasteiger partial charge in [-0.2, -0.15) is 0 Å². The Bertz CT molecular complexity index is 1070. The van der Waals surface area contributed by atoms with E-state index in [2.05, 4.69) is 10.1 Å². The third kappa shape index (κ3) is 3.56. The predicted octanol–water partition coefficient (Wildman–Crippen LogP) is 4.14. The minimum atomic E-state index is -0.128. The minimum absolute atomic E-state index is 0.128. The van der Waals surface area contributed by atoms with E-state index in [1.54, 1.807) is 54.7 Å². The number of hydrogen-bond donors (Lipinski definition) is 0. The molecule has 4 heterocycles. The molecule has 8 heteroatoms. The molecule has 0 aromatic carbocycles. The van der Waals surface area contributed by atoms with E-state index in [9.17, 15) is 4.79 Å². The molecule has 0 aliphatic rings. The zero-order chi connectivity index (χ0) is 19.5. The molecule has 0 bridgehead atoms. The summed E-state index contributed by atoms with van der Waals surface area (Å²) in [4.78, 5) is 20.8. The number of furan rings is 1. The lowest BCUT2D eigenvalue weighted by Crippen LogP contribution is -2.33. The van der Waals surface area contributed by atoms with E-state index in [4.69, 9.17) is 13.7 Å². The Morgan fingerprint density at radius 3 is 2.93 bits per heavy atom. The van der Waals surface area contributed by atoms with Gasteiger partial charge in [0.15, 0.2) is 5.76 Å². The van der Waals surface area contributed by atoms with Crippen molar-refractivity contribution in [3.63, 3.8) is 0 Å². The van der Waals surface area contributed by atoms with Crippen LogP contribution in [0.5, 0.6) is 0 Å². The summed E-state index contributed by atoms with van der Waals surface area (Å²) in [6.07, 6.45) is 1.57. The van der Waals surface area contributed by atoms with E-state index in [0.717, 1.165) is 4.88 Å². The Hall–Kier alpha value is -2.97. The van der Waals surface area contributed by atoms with Crippen molar-refractivity contribution in [2.24, 2.45) is 0 Å². The Morgan fingerprint density at radius 1 is 1.32 bits per heavy atom. The lowest BCUT2D eigenvalue weighted by atomic mass is 10.1. The molecule has 4 rings (SSSR count). The predicted molar refractivity (Wildman–Crippen MR) is 105 cm³/mol. The number of fused-ring (bicyclic) bond motifs is 1. The number of ether oxygens (including phenoxy) is 1. The fraction of sp³-hybridized carbons (Fsp3) is 0.250. The fourth-order valence-corrected chi connectivity index (χ4v) is 3.75. The summed E-state index contributed by atoms with van der Waals surface area (Å²) in [5, 5.41) is 6.61. The van der Waals surface area contributed by atoms with Gasteiger partial charge in [-0.05, 0) is 36.6 Å². The molecule has 0 aliphatic heterocycles. The van der Waals surface area contributed by atoms with Crippen LogP contribution in [0.4, 0.5) is 0 Å². The molecular formula is C20H19N3O4S. The van der Waals surface area contributed by atoms with Gasteiger partial charge in [-0.15, -0.1) is 11.3 Å². The van der Waals surface area contributed by atoms with E-state index in [1.807, 2.05) is 17.5 Å². The third-order valence-electron chi connectivity index (χ3n) is 4.40. The van der Waals surface area contributed by atoms with E-state index >= 15 is 0 Å². The number of methoxy groups -OCH3 is 1. The fourth-order valence-electron chi connectivity index (χ4n) is 3.03. The molecule has 0 N–H and O–H groups in total. The molecule has 0 spiro atoms. The van der Waals surface area contributed by atoms with Gasteiger partial charge in [-0.1, -0.05) is 11.2 Å².